The molecule has 0 saturated heterocycles. The van der Waals surface area contributed by atoms with Gasteiger partial charge in [-0.3, -0.25) is 10.1 Å². The zero-order chi connectivity index (χ0) is 13.9. The Balaban J connectivity index is 2.24. The molecule has 0 saturated carbocycles. The zero-order valence-electron chi connectivity index (χ0n) is 10.0. The lowest BCUT2D eigenvalue weighted by molar-refractivity contribution is 0.600. The maximum atomic E-state index is 12.0. The number of hydrazine groups is 1. The van der Waals surface area contributed by atoms with E-state index in [1.807, 2.05) is 6.92 Å². The summed E-state index contributed by atoms with van der Waals surface area (Å²) in [5.41, 5.74) is 3.15. The standard InChI is InChI=1S/C10H12N6O2S/c1-7-2-3-9(12-4-7)16-19(17,18)8-5-13-10(15-11)14-6-8/h2-6H,11H2,1H3,(H,12,16)(H,13,14,15). The highest BCUT2D eigenvalue weighted by atomic mass is 32.2. The van der Waals surface area contributed by atoms with E-state index in [0.29, 0.717) is 0 Å². The van der Waals surface area contributed by atoms with Crippen molar-refractivity contribution in [2.24, 2.45) is 5.84 Å². The van der Waals surface area contributed by atoms with E-state index in [2.05, 4.69) is 25.1 Å². The normalized spacial score (nSPS) is 11.1. The van der Waals surface area contributed by atoms with E-state index in [9.17, 15) is 8.42 Å². The molecule has 0 bridgehead atoms. The minimum absolute atomic E-state index is 0.0751. The van der Waals surface area contributed by atoms with Gasteiger partial charge in [-0.2, -0.15) is 0 Å². The van der Waals surface area contributed by atoms with Crippen molar-refractivity contribution in [3.05, 3.63) is 36.3 Å². The molecule has 2 aromatic heterocycles. The summed E-state index contributed by atoms with van der Waals surface area (Å²) in [4.78, 5) is 11.3. The van der Waals surface area contributed by atoms with Crippen LogP contribution in [0.4, 0.5) is 11.8 Å². The van der Waals surface area contributed by atoms with Crippen LogP contribution in [0.5, 0.6) is 0 Å². The van der Waals surface area contributed by atoms with E-state index in [0.717, 1.165) is 18.0 Å². The van der Waals surface area contributed by atoms with Crippen LogP contribution in [0.15, 0.2) is 35.6 Å². The molecular formula is C10H12N6O2S. The van der Waals surface area contributed by atoms with Gasteiger partial charge in [-0.1, -0.05) is 6.07 Å². The first kappa shape index (κ1) is 13.2. The third kappa shape index (κ3) is 3.14. The Morgan fingerprint density at radius 2 is 1.79 bits per heavy atom. The predicted octanol–water partition coefficient (Wildman–Crippen LogP) is 0.266. The van der Waals surface area contributed by atoms with Crippen LogP contribution in [0.2, 0.25) is 0 Å². The van der Waals surface area contributed by atoms with Gasteiger partial charge in [0.1, 0.15) is 10.7 Å². The summed E-state index contributed by atoms with van der Waals surface area (Å²) in [6.45, 7) is 1.86. The fourth-order valence-corrected chi connectivity index (χ4v) is 2.15. The monoisotopic (exact) mass is 280 g/mol. The van der Waals surface area contributed by atoms with Gasteiger partial charge >= 0.3 is 0 Å². The molecule has 0 aliphatic carbocycles. The average Bonchev–Trinajstić information content (AvgIpc) is 2.41. The molecule has 19 heavy (non-hydrogen) atoms. The quantitative estimate of drug-likeness (QED) is 0.542. The van der Waals surface area contributed by atoms with Gasteiger partial charge in [-0.15, -0.1) is 0 Å². The highest BCUT2D eigenvalue weighted by Gasteiger charge is 2.15. The molecule has 4 N–H and O–H groups in total. The van der Waals surface area contributed by atoms with Crippen LogP contribution in [-0.4, -0.2) is 23.4 Å². The van der Waals surface area contributed by atoms with E-state index >= 15 is 0 Å². The lowest BCUT2D eigenvalue weighted by Crippen LogP contribution is -2.16. The largest absolute Gasteiger partial charge is 0.292 e. The molecule has 2 rings (SSSR count). The van der Waals surface area contributed by atoms with E-state index in [-0.39, 0.29) is 16.7 Å². The molecule has 9 heteroatoms. The van der Waals surface area contributed by atoms with Gasteiger partial charge in [0.15, 0.2) is 0 Å². The SMILES string of the molecule is Cc1ccc(NS(=O)(=O)c2cnc(NN)nc2)nc1. The Labute approximate surface area is 110 Å². The Morgan fingerprint density at radius 3 is 2.32 bits per heavy atom. The molecule has 0 unspecified atom stereocenters. The maximum absolute atomic E-state index is 12.0. The molecule has 0 aliphatic rings. The summed E-state index contributed by atoms with van der Waals surface area (Å²) in [6.07, 6.45) is 3.87. The molecule has 0 radical (unpaired) electrons. The number of nitrogens with zero attached hydrogens (tertiary/aromatic N) is 3. The van der Waals surface area contributed by atoms with E-state index in [1.165, 1.54) is 0 Å². The molecular weight excluding hydrogens is 268 g/mol. The number of hydrogen-bond donors (Lipinski definition) is 3. The number of nitrogens with two attached hydrogens (primary N) is 1. The fraction of sp³-hybridized carbons (Fsp3) is 0.100. The number of sulfonamides is 1. The summed E-state index contributed by atoms with van der Waals surface area (Å²) in [5, 5.41) is 0. The van der Waals surface area contributed by atoms with Crippen molar-refractivity contribution in [3.8, 4) is 0 Å². The number of anilines is 2. The number of aryl methyl sites for hydroxylation is 1. The average molecular weight is 280 g/mol. The van der Waals surface area contributed by atoms with Crippen LogP contribution in [-0.2, 0) is 10.0 Å². The van der Waals surface area contributed by atoms with Crippen LogP contribution >= 0.6 is 0 Å². The number of hydrogen-bond acceptors (Lipinski definition) is 7. The van der Waals surface area contributed by atoms with Gasteiger partial charge in [0.25, 0.3) is 10.0 Å². The molecule has 8 nitrogen and oxygen atoms in total. The molecule has 2 heterocycles. The summed E-state index contributed by atoms with van der Waals surface area (Å²) < 4.78 is 26.3. The summed E-state index contributed by atoms with van der Waals surface area (Å²) in [6, 6.07) is 3.33. The maximum Gasteiger partial charge on any atom is 0.266 e. The lowest BCUT2D eigenvalue weighted by atomic mass is 10.3. The molecule has 0 atom stereocenters. The lowest BCUT2D eigenvalue weighted by Gasteiger charge is -2.07. The number of nitrogens with one attached hydrogen (secondary N) is 2. The third-order valence-electron chi connectivity index (χ3n) is 2.22. The number of aromatic nitrogens is 3. The second-order valence-corrected chi connectivity index (χ2v) is 5.40. The van der Waals surface area contributed by atoms with Crippen LogP contribution < -0.4 is 16.0 Å². The zero-order valence-corrected chi connectivity index (χ0v) is 10.8. The predicted molar refractivity (Wildman–Crippen MR) is 69.6 cm³/mol. The van der Waals surface area contributed by atoms with Gasteiger partial charge in [0.05, 0.1) is 12.4 Å². The highest BCUT2D eigenvalue weighted by Crippen LogP contribution is 2.13. The molecule has 0 aromatic carbocycles. The summed E-state index contributed by atoms with van der Waals surface area (Å²) >= 11 is 0. The van der Waals surface area contributed by atoms with Crippen molar-refractivity contribution in [1.82, 2.24) is 15.0 Å². The third-order valence-corrected chi connectivity index (χ3v) is 3.53. The molecule has 0 spiro atoms. The smallest absolute Gasteiger partial charge is 0.266 e. The van der Waals surface area contributed by atoms with Gasteiger partial charge in [0.2, 0.25) is 5.95 Å². The first-order chi connectivity index (χ1) is 9.01. The van der Waals surface area contributed by atoms with Crippen LogP contribution in [0.3, 0.4) is 0 Å². The molecule has 100 valence electrons. The minimum atomic E-state index is -3.76. The van der Waals surface area contributed by atoms with Gasteiger partial charge in [-0.05, 0) is 18.6 Å². The van der Waals surface area contributed by atoms with Crippen LogP contribution in [0.1, 0.15) is 5.56 Å². The Morgan fingerprint density at radius 1 is 1.11 bits per heavy atom. The first-order valence-electron chi connectivity index (χ1n) is 5.25. The first-order valence-corrected chi connectivity index (χ1v) is 6.74. The van der Waals surface area contributed by atoms with Crippen LogP contribution in [0.25, 0.3) is 0 Å². The molecule has 2 aromatic rings. The van der Waals surface area contributed by atoms with E-state index in [1.54, 1.807) is 18.3 Å². The second kappa shape index (κ2) is 5.16. The van der Waals surface area contributed by atoms with E-state index < -0.39 is 10.0 Å². The van der Waals surface area contributed by atoms with Crippen molar-refractivity contribution < 1.29 is 8.42 Å². The van der Waals surface area contributed by atoms with Crippen molar-refractivity contribution in [2.45, 2.75) is 11.8 Å². The number of pyridine rings is 1. The Kier molecular flexibility index (Phi) is 3.58. The van der Waals surface area contributed by atoms with Crippen molar-refractivity contribution in [1.29, 1.82) is 0 Å². The number of rotatable bonds is 4. The molecule has 0 fully saturated rings. The minimum Gasteiger partial charge on any atom is -0.292 e. The molecule has 0 amide bonds. The fourth-order valence-electron chi connectivity index (χ4n) is 1.25. The second-order valence-electron chi connectivity index (χ2n) is 3.71. The van der Waals surface area contributed by atoms with Gasteiger partial charge in [0, 0.05) is 6.20 Å². The Bertz CT molecular complexity index is 653. The highest BCUT2D eigenvalue weighted by molar-refractivity contribution is 7.92. The number of nitrogen functional groups attached to an aromatic ring is 1. The Hall–Kier alpha value is -2.26. The molecule has 0 aliphatic heterocycles. The van der Waals surface area contributed by atoms with Crippen molar-refractivity contribution in [3.63, 3.8) is 0 Å². The van der Waals surface area contributed by atoms with Gasteiger partial charge < -0.3 is 0 Å². The summed E-state index contributed by atoms with van der Waals surface area (Å²) in [5.74, 6) is 5.46. The van der Waals surface area contributed by atoms with Gasteiger partial charge in [-0.25, -0.2) is 29.2 Å². The van der Waals surface area contributed by atoms with Crippen LogP contribution in [0, 0.1) is 6.92 Å². The topological polar surface area (TPSA) is 123 Å². The van der Waals surface area contributed by atoms with Crippen molar-refractivity contribution >= 4 is 21.8 Å². The summed E-state index contributed by atoms with van der Waals surface area (Å²) in [7, 11) is -3.76. The van der Waals surface area contributed by atoms with Crippen molar-refractivity contribution in [2.75, 3.05) is 10.1 Å². The van der Waals surface area contributed by atoms with E-state index in [4.69, 9.17) is 5.84 Å².